The minimum absolute atomic E-state index is 0.0114. The molecule has 1 aliphatic carbocycles. The van der Waals surface area contributed by atoms with Crippen LogP contribution in [0, 0.1) is 5.41 Å². The molecule has 1 rings (SSSR count). The van der Waals surface area contributed by atoms with E-state index in [2.05, 4.69) is 13.8 Å². The van der Waals surface area contributed by atoms with Crippen molar-refractivity contribution in [1.29, 1.82) is 0 Å². The SMILES string of the molecule is CCC(CC)(CO)COC1CCCCC1. The average Bonchev–Trinajstić information content (AvgIpc) is 2.33. The molecule has 0 unspecified atom stereocenters. The summed E-state index contributed by atoms with van der Waals surface area (Å²) in [6, 6.07) is 0. The van der Waals surface area contributed by atoms with Gasteiger partial charge < -0.3 is 9.84 Å². The minimum Gasteiger partial charge on any atom is -0.396 e. The molecule has 0 spiro atoms. The smallest absolute Gasteiger partial charge is 0.0575 e. The Bertz CT molecular complexity index is 150. The molecule has 0 bridgehead atoms. The van der Waals surface area contributed by atoms with Crippen molar-refractivity contribution in [3.63, 3.8) is 0 Å². The van der Waals surface area contributed by atoms with Crippen molar-refractivity contribution in [2.45, 2.75) is 64.9 Å². The molecular formula is C13H26O2. The fraction of sp³-hybridized carbons (Fsp3) is 1.00. The van der Waals surface area contributed by atoms with Crippen LogP contribution < -0.4 is 0 Å². The van der Waals surface area contributed by atoms with Crippen molar-refractivity contribution in [1.82, 2.24) is 0 Å². The largest absolute Gasteiger partial charge is 0.396 e. The van der Waals surface area contributed by atoms with Crippen molar-refractivity contribution in [3.8, 4) is 0 Å². The normalized spacial score (nSPS) is 19.4. The van der Waals surface area contributed by atoms with Crippen LogP contribution in [0.25, 0.3) is 0 Å². The lowest BCUT2D eigenvalue weighted by molar-refractivity contribution is -0.0482. The molecule has 2 heteroatoms. The van der Waals surface area contributed by atoms with E-state index in [1.807, 2.05) is 0 Å². The Morgan fingerprint density at radius 2 is 1.73 bits per heavy atom. The molecule has 90 valence electrons. The molecule has 0 radical (unpaired) electrons. The molecule has 0 aromatic rings. The van der Waals surface area contributed by atoms with Crippen LogP contribution in [0.5, 0.6) is 0 Å². The van der Waals surface area contributed by atoms with Gasteiger partial charge >= 0.3 is 0 Å². The molecule has 2 nitrogen and oxygen atoms in total. The summed E-state index contributed by atoms with van der Waals surface area (Å²) in [7, 11) is 0. The fourth-order valence-electron chi connectivity index (χ4n) is 2.25. The van der Waals surface area contributed by atoms with Crippen LogP contribution in [0.15, 0.2) is 0 Å². The van der Waals surface area contributed by atoms with E-state index in [0.29, 0.717) is 6.10 Å². The first-order valence-electron chi connectivity index (χ1n) is 6.49. The van der Waals surface area contributed by atoms with Gasteiger partial charge in [-0.1, -0.05) is 33.1 Å². The first-order valence-corrected chi connectivity index (χ1v) is 6.49. The first kappa shape index (κ1) is 13.0. The van der Waals surface area contributed by atoms with Crippen LogP contribution in [0.2, 0.25) is 0 Å². The summed E-state index contributed by atoms with van der Waals surface area (Å²) in [5.74, 6) is 0. The fourth-order valence-corrected chi connectivity index (χ4v) is 2.25. The lowest BCUT2D eigenvalue weighted by Gasteiger charge is -2.32. The number of aliphatic hydroxyl groups excluding tert-OH is 1. The van der Waals surface area contributed by atoms with Crippen molar-refractivity contribution < 1.29 is 9.84 Å². The molecule has 0 aromatic heterocycles. The maximum absolute atomic E-state index is 9.43. The second-order valence-corrected chi connectivity index (χ2v) is 4.94. The maximum atomic E-state index is 9.43. The molecule has 0 heterocycles. The van der Waals surface area contributed by atoms with Crippen LogP contribution in [0.1, 0.15) is 58.8 Å². The maximum Gasteiger partial charge on any atom is 0.0575 e. The van der Waals surface area contributed by atoms with Gasteiger partial charge in [0.05, 0.1) is 19.3 Å². The third-order valence-corrected chi connectivity index (χ3v) is 4.01. The van der Waals surface area contributed by atoms with Gasteiger partial charge in [-0.15, -0.1) is 0 Å². The molecule has 1 N–H and O–H groups in total. The zero-order valence-corrected chi connectivity index (χ0v) is 10.3. The predicted octanol–water partition coefficient (Wildman–Crippen LogP) is 3.13. The van der Waals surface area contributed by atoms with Crippen molar-refractivity contribution in [2.24, 2.45) is 5.41 Å². The Morgan fingerprint density at radius 1 is 1.13 bits per heavy atom. The zero-order valence-electron chi connectivity index (χ0n) is 10.3. The van der Waals surface area contributed by atoms with Gasteiger partial charge in [-0.25, -0.2) is 0 Å². The van der Waals surface area contributed by atoms with Gasteiger partial charge in [0.2, 0.25) is 0 Å². The number of hydrogen-bond donors (Lipinski definition) is 1. The monoisotopic (exact) mass is 214 g/mol. The highest BCUT2D eigenvalue weighted by atomic mass is 16.5. The molecule has 0 aromatic carbocycles. The third kappa shape index (κ3) is 3.76. The summed E-state index contributed by atoms with van der Waals surface area (Å²) in [6.07, 6.45) is 8.91. The van der Waals surface area contributed by atoms with E-state index in [1.54, 1.807) is 0 Å². The van der Waals surface area contributed by atoms with Gasteiger partial charge in [0.25, 0.3) is 0 Å². The van der Waals surface area contributed by atoms with E-state index in [9.17, 15) is 5.11 Å². The van der Waals surface area contributed by atoms with Crippen LogP contribution in [0.4, 0.5) is 0 Å². The average molecular weight is 214 g/mol. The molecule has 1 saturated carbocycles. The van der Waals surface area contributed by atoms with Crippen LogP contribution in [-0.4, -0.2) is 24.4 Å². The second kappa shape index (κ2) is 6.49. The molecule has 0 saturated heterocycles. The van der Waals surface area contributed by atoms with E-state index in [0.717, 1.165) is 19.4 Å². The summed E-state index contributed by atoms with van der Waals surface area (Å²) in [6.45, 7) is 5.28. The molecular weight excluding hydrogens is 188 g/mol. The van der Waals surface area contributed by atoms with Gasteiger partial charge in [0.15, 0.2) is 0 Å². The van der Waals surface area contributed by atoms with E-state index in [1.165, 1.54) is 32.1 Å². The van der Waals surface area contributed by atoms with E-state index in [-0.39, 0.29) is 12.0 Å². The Balaban J connectivity index is 2.31. The molecule has 15 heavy (non-hydrogen) atoms. The summed E-state index contributed by atoms with van der Waals surface area (Å²) in [4.78, 5) is 0. The minimum atomic E-state index is 0.0114. The summed E-state index contributed by atoms with van der Waals surface area (Å²) >= 11 is 0. The highest BCUT2D eigenvalue weighted by Gasteiger charge is 2.27. The molecule has 1 fully saturated rings. The van der Waals surface area contributed by atoms with Gasteiger partial charge in [-0.05, 0) is 25.7 Å². The Kier molecular flexibility index (Phi) is 5.62. The van der Waals surface area contributed by atoms with E-state index in [4.69, 9.17) is 4.74 Å². The van der Waals surface area contributed by atoms with Crippen LogP contribution in [0.3, 0.4) is 0 Å². The molecule has 0 amide bonds. The van der Waals surface area contributed by atoms with E-state index >= 15 is 0 Å². The van der Waals surface area contributed by atoms with Crippen LogP contribution >= 0.6 is 0 Å². The van der Waals surface area contributed by atoms with Gasteiger partial charge in [-0.2, -0.15) is 0 Å². The number of ether oxygens (including phenoxy) is 1. The van der Waals surface area contributed by atoms with Crippen molar-refractivity contribution >= 4 is 0 Å². The summed E-state index contributed by atoms with van der Waals surface area (Å²) in [5.41, 5.74) is 0.0114. The zero-order chi connectivity index (χ0) is 11.1. The topological polar surface area (TPSA) is 29.5 Å². The summed E-state index contributed by atoms with van der Waals surface area (Å²) in [5, 5.41) is 9.43. The number of hydrogen-bond acceptors (Lipinski definition) is 2. The van der Waals surface area contributed by atoms with Crippen molar-refractivity contribution in [3.05, 3.63) is 0 Å². The lowest BCUT2D eigenvalue weighted by Crippen LogP contribution is -2.32. The molecule has 1 aliphatic rings. The van der Waals surface area contributed by atoms with E-state index < -0.39 is 0 Å². The van der Waals surface area contributed by atoms with Crippen LogP contribution in [-0.2, 0) is 4.74 Å². The highest BCUT2D eigenvalue weighted by molar-refractivity contribution is 4.76. The first-order chi connectivity index (χ1) is 7.26. The second-order valence-electron chi connectivity index (χ2n) is 4.94. The van der Waals surface area contributed by atoms with Gasteiger partial charge in [-0.3, -0.25) is 0 Å². The number of rotatable bonds is 6. The standard InChI is InChI=1S/C13H26O2/c1-3-13(4-2,10-14)11-15-12-8-6-5-7-9-12/h12,14H,3-11H2,1-2H3. The number of aliphatic hydroxyl groups is 1. The Labute approximate surface area is 94.0 Å². The Morgan fingerprint density at radius 3 is 2.20 bits per heavy atom. The third-order valence-electron chi connectivity index (χ3n) is 4.01. The highest BCUT2D eigenvalue weighted by Crippen LogP contribution is 2.28. The predicted molar refractivity (Wildman–Crippen MR) is 62.9 cm³/mol. The lowest BCUT2D eigenvalue weighted by atomic mass is 9.84. The van der Waals surface area contributed by atoms with Gasteiger partial charge in [0.1, 0.15) is 0 Å². The Hall–Kier alpha value is -0.0800. The van der Waals surface area contributed by atoms with Crippen molar-refractivity contribution in [2.75, 3.05) is 13.2 Å². The van der Waals surface area contributed by atoms with Gasteiger partial charge in [0, 0.05) is 5.41 Å². The quantitative estimate of drug-likeness (QED) is 0.736. The molecule has 0 aliphatic heterocycles. The molecule has 0 atom stereocenters. The summed E-state index contributed by atoms with van der Waals surface area (Å²) < 4.78 is 5.96.